The Morgan fingerprint density at radius 3 is 2.19 bits per heavy atom. The van der Waals surface area contributed by atoms with E-state index in [1.165, 1.54) is 0 Å². The zero-order chi connectivity index (χ0) is 15.7. The first-order chi connectivity index (χ1) is 10.1. The van der Waals surface area contributed by atoms with Gasteiger partial charge in [0.2, 0.25) is 0 Å². The summed E-state index contributed by atoms with van der Waals surface area (Å²) in [7, 11) is 0. The third-order valence-electron chi connectivity index (χ3n) is 3.56. The van der Waals surface area contributed by atoms with Crippen LogP contribution in [0.4, 0.5) is 0 Å². The second-order valence-electron chi connectivity index (χ2n) is 4.93. The molecule has 3 heteroatoms. The lowest BCUT2D eigenvalue weighted by Gasteiger charge is -2.21. The number of rotatable bonds is 8. The van der Waals surface area contributed by atoms with E-state index in [9.17, 15) is 9.59 Å². The van der Waals surface area contributed by atoms with Crippen LogP contribution in [0.3, 0.4) is 0 Å². The second kappa shape index (κ2) is 9.11. The Kier molecular flexibility index (Phi) is 7.44. The molecule has 1 rings (SSSR count). The van der Waals surface area contributed by atoms with E-state index in [1.807, 2.05) is 44.2 Å². The lowest BCUT2D eigenvalue weighted by atomic mass is 9.84. The molecule has 0 bridgehead atoms. The highest BCUT2D eigenvalue weighted by molar-refractivity contribution is 5.97. The highest BCUT2D eigenvalue weighted by Crippen LogP contribution is 2.23. The number of ether oxygens (including phenoxy) is 1. The van der Waals surface area contributed by atoms with Crippen LogP contribution < -0.4 is 0 Å². The molecule has 21 heavy (non-hydrogen) atoms. The van der Waals surface area contributed by atoms with Crippen molar-refractivity contribution in [1.82, 2.24) is 0 Å². The number of carbonyl (C=O) groups excluding carboxylic acids is 2. The maximum atomic E-state index is 12.4. The van der Waals surface area contributed by atoms with Crippen LogP contribution in [0.15, 0.2) is 36.4 Å². The lowest BCUT2D eigenvalue weighted by Crippen LogP contribution is -2.29. The Balaban J connectivity index is 2.80. The third-order valence-corrected chi connectivity index (χ3v) is 3.56. The molecule has 2 unspecified atom stereocenters. The Morgan fingerprint density at radius 2 is 1.67 bits per heavy atom. The molecule has 0 aliphatic rings. The van der Waals surface area contributed by atoms with Gasteiger partial charge in [-0.15, -0.1) is 0 Å². The van der Waals surface area contributed by atoms with Crippen LogP contribution in [0.25, 0.3) is 6.08 Å². The van der Waals surface area contributed by atoms with Crippen molar-refractivity contribution in [2.45, 2.75) is 33.6 Å². The maximum absolute atomic E-state index is 12.4. The molecular weight excluding hydrogens is 264 g/mol. The first-order valence-corrected chi connectivity index (χ1v) is 7.57. The fourth-order valence-electron chi connectivity index (χ4n) is 2.41. The molecule has 0 radical (unpaired) electrons. The van der Waals surface area contributed by atoms with Crippen molar-refractivity contribution in [2.24, 2.45) is 11.8 Å². The van der Waals surface area contributed by atoms with Crippen molar-refractivity contribution in [3.8, 4) is 0 Å². The second-order valence-corrected chi connectivity index (χ2v) is 4.93. The van der Waals surface area contributed by atoms with E-state index in [1.54, 1.807) is 19.1 Å². The fourth-order valence-corrected chi connectivity index (χ4v) is 2.41. The summed E-state index contributed by atoms with van der Waals surface area (Å²) in [5.41, 5.74) is 0.977. The Hall–Kier alpha value is -1.90. The van der Waals surface area contributed by atoms with Gasteiger partial charge in [-0.05, 0) is 31.4 Å². The number of esters is 1. The van der Waals surface area contributed by atoms with Gasteiger partial charge in [-0.2, -0.15) is 0 Å². The third kappa shape index (κ3) is 5.18. The van der Waals surface area contributed by atoms with Gasteiger partial charge in [-0.1, -0.05) is 50.3 Å². The molecule has 0 heterocycles. The fraction of sp³-hybridized carbons (Fsp3) is 0.444. The number of allylic oxidation sites excluding steroid dienone is 1. The van der Waals surface area contributed by atoms with Crippen molar-refractivity contribution >= 4 is 17.8 Å². The van der Waals surface area contributed by atoms with Crippen LogP contribution >= 0.6 is 0 Å². The summed E-state index contributed by atoms with van der Waals surface area (Å²) in [5, 5.41) is 0. The van der Waals surface area contributed by atoms with Crippen molar-refractivity contribution in [3.63, 3.8) is 0 Å². The zero-order valence-electron chi connectivity index (χ0n) is 13.0. The van der Waals surface area contributed by atoms with E-state index in [2.05, 4.69) is 0 Å². The molecular formula is C18H24O3. The van der Waals surface area contributed by atoms with Crippen molar-refractivity contribution in [3.05, 3.63) is 42.0 Å². The Morgan fingerprint density at radius 1 is 1.05 bits per heavy atom. The SMILES string of the molecule is CCOC(=O)C(CC)C(CC)C(=O)C=Cc1ccccc1. The highest BCUT2D eigenvalue weighted by atomic mass is 16.5. The standard InChI is InChI=1S/C18H24O3/c1-4-15(16(5-2)18(20)21-6-3)17(19)13-12-14-10-8-7-9-11-14/h7-13,15-16H,4-6H2,1-3H3. The van der Waals surface area contributed by atoms with Crippen LogP contribution in [0.5, 0.6) is 0 Å². The van der Waals surface area contributed by atoms with E-state index < -0.39 is 0 Å². The largest absolute Gasteiger partial charge is 0.466 e. The molecule has 0 N–H and O–H groups in total. The average molecular weight is 288 g/mol. The number of ketones is 1. The van der Waals surface area contributed by atoms with Crippen molar-refractivity contribution in [1.29, 1.82) is 0 Å². The molecule has 0 saturated carbocycles. The normalized spacial score (nSPS) is 13.9. The quantitative estimate of drug-likeness (QED) is 0.538. The minimum atomic E-state index is -0.358. The smallest absolute Gasteiger partial charge is 0.309 e. The predicted octanol–water partition coefficient (Wildman–Crippen LogP) is 3.88. The van der Waals surface area contributed by atoms with E-state index in [-0.39, 0.29) is 23.6 Å². The number of hydrogen-bond acceptors (Lipinski definition) is 3. The molecule has 3 nitrogen and oxygen atoms in total. The first-order valence-electron chi connectivity index (χ1n) is 7.57. The summed E-state index contributed by atoms with van der Waals surface area (Å²) in [6, 6.07) is 9.66. The molecule has 0 aliphatic heterocycles. The van der Waals surface area contributed by atoms with Gasteiger partial charge >= 0.3 is 5.97 Å². The molecule has 0 aromatic heterocycles. The monoisotopic (exact) mass is 288 g/mol. The summed E-state index contributed by atoms with van der Waals surface area (Å²) in [6.45, 7) is 5.97. The molecule has 1 aromatic carbocycles. The van der Waals surface area contributed by atoms with Crippen LogP contribution in [-0.2, 0) is 14.3 Å². The molecule has 0 spiro atoms. The van der Waals surface area contributed by atoms with Gasteiger partial charge in [0.05, 0.1) is 12.5 Å². The van der Waals surface area contributed by atoms with Crippen LogP contribution in [0.1, 0.15) is 39.2 Å². The van der Waals surface area contributed by atoms with Gasteiger partial charge in [0.1, 0.15) is 0 Å². The first kappa shape index (κ1) is 17.2. The summed E-state index contributed by atoms with van der Waals surface area (Å²) in [4.78, 5) is 24.3. The zero-order valence-corrected chi connectivity index (χ0v) is 13.0. The molecule has 2 atom stereocenters. The minimum absolute atomic E-state index is 0.0127. The Labute approximate surface area is 127 Å². The average Bonchev–Trinajstić information content (AvgIpc) is 2.51. The molecule has 0 aliphatic carbocycles. The van der Waals surface area contributed by atoms with Gasteiger partial charge < -0.3 is 4.74 Å². The summed E-state index contributed by atoms with van der Waals surface area (Å²) < 4.78 is 5.08. The molecule has 0 amide bonds. The van der Waals surface area contributed by atoms with E-state index in [4.69, 9.17) is 4.74 Å². The lowest BCUT2D eigenvalue weighted by molar-refractivity contribution is -0.152. The van der Waals surface area contributed by atoms with Gasteiger partial charge in [0.15, 0.2) is 5.78 Å². The maximum Gasteiger partial charge on any atom is 0.309 e. The minimum Gasteiger partial charge on any atom is -0.466 e. The molecule has 1 aromatic rings. The van der Waals surface area contributed by atoms with Crippen LogP contribution in [0, 0.1) is 11.8 Å². The predicted molar refractivity (Wildman–Crippen MR) is 84.7 cm³/mol. The number of carbonyl (C=O) groups is 2. The highest BCUT2D eigenvalue weighted by Gasteiger charge is 2.30. The van der Waals surface area contributed by atoms with E-state index >= 15 is 0 Å². The van der Waals surface area contributed by atoms with Crippen LogP contribution in [-0.4, -0.2) is 18.4 Å². The number of benzene rings is 1. The van der Waals surface area contributed by atoms with Gasteiger partial charge in [0.25, 0.3) is 0 Å². The van der Waals surface area contributed by atoms with E-state index in [0.717, 1.165) is 5.56 Å². The van der Waals surface area contributed by atoms with Crippen molar-refractivity contribution < 1.29 is 14.3 Å². The van der Waals surface area contributed by atoms with Gasteiger partial charge in [-0.3, -0.25) is 9.59 Å². The Bertz CT molecular complexity index is 476. The van der Waals surface area contributed by atoms with E-state index in [0.29, 0.717) is 19.4 Å². The van der Waals surface area contributed by atoms with Crippen molar-refractivity contribution in [2.75, 3.05) is 6.61 Å². The van der Waals surface area contributed by atoms with Crippen LogP contribution in [0.2, 0.25) is 0 Å². The topological polar surface area (TPSA) is 43.4 Å². The molecule has 0 saturated heterocycles. The molecule has 114 valence electrons. The summed E-state index contributed by atoms with van der Waals surface area (Å²) in [6.07, 6.45) is 4.62. The van der Waals surface area contributed by atoms with Gasteiger partial charge in [-0.25, -0.2) is 0 Å². The summed E-state index contributed by atoms with van der Waals surface area (Å²) in [5.74, 6) is -0.952. The number of hydrogen-bond donors (Lipinski definition) is 0. The molecule has 0 fully saturated rings. The van der Waals surface area contributed by atoms with Gasteiger partial charge in [0, 0.05) is 5.92 Å². The summed E-state index contributed by atoms with van der Waals surface area (Å²) >= 11 is 0.